The van der Waals surface area contributed by atoms with Gasteiger partial charge >= 0.3 is 0 Å². The van der Waals surface area contributed by atoms with E-state index in [0.717, 1.165) is 43.4 Å². The van der Waals surface area contributed by atoms with Gasteiger partial charge in [0.2, 0.25) is 5.96 Å². The molecular formula is C21H25N5O. The van der Waals surface area contributed by atoms with E-state index in [4.69, 9.17) is 9.98 Å². The minimum atomic E-state index is -0.0850. The topological polar surface area (TPSA) is 51.5 Å². The standard InChI is InChI=1S/C21H25N5O/c1-15-23-19-18(25(15)12-16-6-4-3-5-7-16)13-24(2)20-22-14-21(26(19)20)10-8-17(27)9-11-21/h3-7,13,15H,8-12,14H2,1-2H3. The number of carbonyl (C=O) groups excluding carboxylic acids is 1. The van der Waals surface area contributed by atoms with Crippen molar-refractivity contribution in [3.05, 3.63) is 47.8 Å². The first-order valence-electron chi connectivity index (χ1n) is 9.77. The van der Waals surface area contributed by atoms with Gasteiger partial charge in [-0.25, -0.2) is 9.98 Å². The smallest absolute Gasteiger partial charge is 0.206 e. The molecule has 4 aliphatic rings. The lowest BCUT2D eigenvalue weighted by atomic mass is 9.80. The normalized spacial score (nSPS) is 26.0. The first-order chi connectivity index (χ1) is 13.1. The van der Waals surface area contributed by atoms with Gasteiger partial charge in [-0.1, -0.05) is 30.3 Å². The number of hydrogen-bond acceptors (Lipinski definition) is 6. The number of guanidine groups is 1. The summed E-state index contributed by atoms with van der Waals surface area (Å²) in [5, 5.41) is 0. The molecule has 0 aromatic heterocycles. The van der Waals surface area contributed by atoms with Crippen LogP contribution in [0.3, 0.4) is 0 Å². The summed E-state index contributed by atoms with van der Waals surface area (Å²) in [6.45, 7) is 3.74. The lowest BCUT2D eigenvalue weighted by Crippen LogP contribution is -2.59. The number of aliphatic imine (C=N–C) groups is 2. The molecule has 27 heavy (non-hydrogen) atoms. The molecular weight excluding hydrogens is 338 g/mol. The third-order valence-electron chi connectivity index (χ3n) is 6.27. The first kappa shape index (κ1) is 16.5. The molecule has 1 spiro atoms. The van der Waals surface area contributed by atoms with Gasteiger partial charge in [0, 0.05) is 32.6 Å². The zero-order valence-corrected chi connectivity index (χ0v) is 15.9. The van der Waals surface area contributed by atoms with E-state index < -0.39 is 0 Å². The van der Waals surface area contributed by atoms with Crippen molar-refractivity contribution in [2.45, 2.75) is 50.9 Å². The summed E-state index contributed by atoms with van der Waals surface area (Å²) in [4.78, 5) is 28.6. The predicted octanol–water partition coefficient (Wildman–Crippen LogP) is 2.59. The minimum Gasteiger partial charge on any atom is -0.341 e. The maximum Gasteiger partial charge on any atom is 0.206 e. The molecule has 1 aromatic rings. The summed E-state index contributed by atoms with van der Waals surface area (Å²) < 4.78 is 0. The molecule has 1 aromatic carbocycles. The fourth-order valence-corrected chi connectivity index (χ4v) is 4.72. The van der Waals surface area contributed by atoms with E-state index in [1.165, 1.54) is 5.56 Å². The van der Waals surface area contributed by atoms with Crippen molar-refractivity contribution in [2.75, 3.05) is 13.6 Å². The maximum atomic E-state index is 11.8. The quantitative estimate of drug-likeness (QED) is 0.810. The molecule has 3 aliphatic heterocycles. The maximum absolute atomic E-state index is 11.8. The van der Waals surface area contributed by atoms with Gasteiger partial charge in [0.1, 0.15) is 11.9 Å². The molecule has 1 atom stereocenters. The van der Waals surface area contributed by atoms with Crippen LogP contribution < -0.4 is 0 Å². The van der Waals surface area contributed by atoms with Crippen LogP contribution in [0.2, 0.25) is 0 Å². The van der Waals surface area contributed by atoms with E-state index in [0.29, 0.717) is 18.6 Å². The zero-order valence-electron chi connectivity index (χ0n) is 15.9. The molecule has 0 saturated heterocycles. The van der Waals surface area contributed by atoms with Crippen molar-refractivity contribution in [2.24, 2.45) is 9.98 Å². The number of hydrogen-bond donors (Lipinski definition) is 0. The van der Waals surface area contributed by atoms with Crippen LogP contribution in [0.4, 0.5) is 0 Å². The number of ketones is 1. The molecule has 1 aliphatic carbocycles. The Kier molecular flexibility index (Phi) is 3.64. The SMILES string of the molecule is CC1N=C2C(=CN(C)C3=NCC4(CCC(=O)CC4)N23)N1Cc1ccccc1. The van der Waals surface area contributed by atoms with Crippen LogP contribution in [0.1, 0.15) is 38.2 Å². The van der Waals surface area contributed by atoms with Crippen LogP contribution in [-0.2, 0) is 11.3 Å². The fourth-order valence-electron chi connectivity index (χ4n) is 4.72. The van der Waals surface area contributed by atoms with Gasteiger partial charge in [-0.05, 0) is 25.3 Å². The highest BCUT2D eigenvalue weighted by Gasteiger charge is 2.52. The minimum absolute atomic E-state index is 0.0850. The first-order valence-corrected chi connectivity index (χ1v) is 9.77. The van der Waals surface area contributed by atoms with Gasteiger partial charge in [0.15, 0.2) is 5.84 Å². The van der Waals surface area contributed by atoms with Crippen LogP contribution in [0.25, 0.3) is 0 Å². The number of Topliss-reactive ketones (excluding diaryl/α,β-unsaturated/α-hetero) is 1. The summed E-state index contributed by atoms with van der Waals surface area (Å²) in [6.07, 6.45) is 5.28. The number of nitrogens with zero attached hydrogens (tertiary/aromatic N) is 5. The average molecular weight is 363 g/mol. The van der Waals surface area contributed by atoms with E-state index in [9.17, 15) is 4.79 Å². The molecule has 1 unspecified atom stereocenters. The second-order valence-corrected chi connectivity index (χ2v) is 8.04. The van der Waals surface area contributed by atoms with Crippen LogP contribution in [0.15, 0.2) is 52.2 Å². The van der Waals surface area contributed by atoms with E-state index in [2.05, 4.69) is 59.1 Å². The van der Waals surface area contributed by atoms with Crippen LogP contribution in [-0.4, -0.2) is 57.6 Å². The number of rotatable bonds is 2. The highest BCUT2D eigenvalue weighted by molar-refractivity contribution is 6.13. The van der Waals surface area contributed by atoms with Crippen LogP contribution in [0.5, 0.6) is 0 Å². The van der Waals surface area contributed by atoms with Crippen molar-refractivity contribution >= 4 is 17.6 Å². The van der Waals surface area contributed by atoms with Crippen LogP contribution in [0, 0.1) is 0 Å². The Bertz CT molecular complexity index is 862. The third-order valence-corrected chi connectivity index (χ3v) is 6.27. The average Bonchev–Trinajstić information content (AvgIpc) is 3.19. The van der Waals surface area contributed by atoms with Crippen molar-refractivity contribution < 1.29 is 4.79 Å². The molecule has 1 saturated carbocycles. The number of amidine groups is 1. The monoisotopic (exact) mass is 363 g/mol. The number of carbonyl (C=O) groups is 1. The summed E-state index contributed by atoms with van der Waals surface area (Å²) in [6, 6.07) is 10.5. The van der Waals surface area contributed by atoms with E-state index in [1.54, 1.807) is 0 Å². The molecule has 0 N–H and O–H groups in total. The van der Waals surface area contributed by atoms with Gasteiger partial charge in [-0.2, -0.15) is 0 Å². The molecule has 3 heterocycles. The fraction of sp³-hybridized carbons (Fsp3) is 0.476. The summed E-state index contributed by atoms with van der Waals surface area (Å²) in [7, 11) is 2.06. The molecule has 0 amide bonds. The van der Waals surface area contributed by atoms with Gasteiger partial charge < -0.3 is 9.80 Å². The summed E-state index contributed by atoms with van der Waals surface area (Å²) in [5.74, 6) is 2.38. The van der Waals surface area contributed by atoms with Crippen molar-refractivity contribution in [3.63, 3.8) is 0 Å². The molecule has 6 nitrogen and oxygen atoms in total. The lowest BCUT2D eigenvalue weighted by Gasteiger charge is -2.45. The molecule has 5 rings (SSSR count). The second-order valence-electron chi connectivity index (χ2n) is 8.04. The zero-order chi connectivity index (χ0) is 18.6. The summed E-state index contributed by atoms with van der Waals surface area (Å²) in [5.41, 5.74) is 2.35. The molecule has 140 valence electrons. The Hall–Kier alpha value is -2.63. The summed E-state index contributed by atoms with van der Waals surface area (Å²) >= 11 is 0. The highest BCUT2D eigenvalue weighted by Crippen LogP contribution is 2.42. The highest BCUT2D eigenvalue weighted by atomic mass is 16.1. The Morgan fingerprint density at radius 3 is 2.67 bits per heavy atom. The van der Waals surface area contributed by atoms with E-state index >= 15 is 0 Å². The van der Waals surface area contributed by atoms with Gasteiger partial charge in [-0.3, -0.25) is 9.69 Å². The van der Waals surface area contributed by atoms with E-state index in [-0.39, 0.29) is 11.7 Å². The number of fused-ring (bicyclic) bond motifs is 4. The Labute approximate surface area is 159 Å². The molecule has 1 fully saturated rings. The number of benzene rings is 1. The van der Waals surface area contributed by atoms with Gasteiger partial charge in [-0.15, -0.1) is 0 Å². The van der Waals surface area contributed by atoms with E-state index in [1.807, 2.05) is 6.07 Å². The van der Waals surface area contributed by atoms with Crippen LogP contribution >= 0.6 is 0 Å². The second kappa shape index (κ2) is 5.94. The van der Waals surface area contributed by atoms with Crippen molar-refractivity contribution in [1.29, 1.82) is 0 Å². The Morgan fingerprint density at radius 1 is 1.19 bits per heavy atom. The Morgan fingerprint density at radius 2 is 1.93 bits per heavy atom. The van der Waals surface area contributed by atoms with Crippen molar-refractivity contribution in [1.82, 2.24) is 14.7 Å². The lowest BCUT2D eigenvalue weighted by molar-refractivity contribution is -0.121. The van der Waals surface area contributed by atoms with Gasteiger partial charge in [0.05, 0.1) is 17.8 Å². The molecule has 0 radical (unpaired) electrons. The third kappa shape index (κ3) is 2.50. The van der Waals surface area contributed by atoms with Crippen molar-refractivity contribution in [3.8, 4) is 0 Å². The predicted molar refractivity (Wildman–Crippen MR) is 105 cm³/mol. The molecule has 6 heteroatoms. The molecule has 0 bridgehead atoms. The largest absolute Gasteiger partial charge is 0.341 e. The Balaban J connectivity index is 1.49. The van der Waals surface area contributed by atoms with Gasteiger partial charge in [0.25, 0.3) is 0 Å².